The van der Waals surface area contributed by atoms with E-state index in [1.54, 1.807) is 18.7 Å². The first kappa shape index (κ1) is 13.8. The highest BCUT2D eigenvalue weighted by molar-refractivity contribution is 7.98. The molecule has 1 amide bonds. The lowest BCUT2D eigenvalue weighted by atomic mass is 10.1. The molecule has 1 heterocycles. The van der Waals surface area contributed by atoms with Crippen molar-refractivity contribution in [3.63, 3.8) is 0 Å². The fraction of sp³-hybridized carbons (Fsp3) is 0.909. The summed E-state index contributed by atoms with van der Waals surface area (Å²) in [5.74, 6) is 0.501. The lowest BCUT2D eigenvalue weighted by Gasteiger charge is -2.23. The fourth-order valence-electron chi connectivity index (χ4n) is 1.75. The molecule has 3 atom stereocenters. The predicted molar refractivity (Wildman–Crippen MR) is 65.6 cm³/mol. The molecule has 0 aromatic carbocycles. The lowest BCUT2D eigenvalue weighted by molar-refractivity contribution is -0.132. The first-order valence-corrected chi connectivity index (χ1v) is 6.98. The molecule has 2 N–H and O–H groups in total. The quantitative estimate of drug-likeness (QED) is 0.754. The molecule has 3 unspecified atom stereocenters. The van der Waals surface area contributed by atoms with Gasteiger partial charge in [-0.15, -0.1) is 0 Å². The van der Waals surface area contributed by atoms with E-state index in [-0.39, 0.29) is 24.7 Å². The van der Waals surface area contributed by atoms with Crippen molar-refractivity contribution < 1.29 is 14.6 Å². The molecule has 0 spiro atoms. The summed E-state index contributed by atoms with van der Waals surface area (Å²) in [4.78, 5) is 11.7. The van der Waals surface area contributed by atoms with Gasteiger partial charge in [-0.1, -0.05) is 0 Å². The molecular weight excluding hydrogens is 226 g/mol. The van der Waals surface area contributed by atoms with Gasteiger partial charge in [0.25, 0.3) is 0 Å². The maximum atomic E-state index is 11.7. The maximum absolute atomic E-state index is 11.7. The van der Waals surface area contributed by atoms with Crippen LogP contribution in [-0.2, 0) is 9.53 Å². The zero-order chi connectivity index (χ0) is 12.2. The number of rotatable bonds is 5. The fourth-order valence-corrected chi connectivity index (χ4v) is 2.47. The van der Waals surface area contributed by atoms with Gasteiger partial charge in [-0.2, -0.15) is 11.8 Å². The third kappa shape index (κ3) is 4.31. The highest BCUT2D eigenvalue weighted by Gasteiger charge is 2.29. The van der Waals surface area contributed by atoms with E-state index in [4.69, 9.17) is 4.74 Å². The number of nitrogens with one attached hydrogen (secondary N) is 1. The second kappa shape index (κ2) is 5.89. The summed E-state index contributed by atoms with van der Waals surface area (Å²) < 4.78 is 5.45. The average molecular weight is 247 g/mol. The van der Waals surface area contributed by atoms with Gasteiger partial charge in [0.15, 0.2) is 0 Å². The van der Waals surface area contributed by atoms with Crippen molar-refractivity contribution in [3.05, 3.63) is 0 Å². The molecule has 0 radical (unpaired) electrons. The summed E-state index contributed by atoms with van der Waals surface area (Å²) in [6, 6.07) is 0. The van der Waals surface area contributed by atoms with Crippen LogP contribution < -0.4 is 5.32 Å². The summed E-state index contributed by atoms with van der Waals surface area (Å²) in [5.41, 5.74) is -0.848. The Bertz CT molecular complexity index is 245. The SMILES string of the molecule is CSCC(C)(O)CNC(=O)C1CCC(C)O1. The standard InChI is InChI=1S/C11H21NO3S/c1-8-4-5-9(15-8)10(13)12-6-11(2,14)7-16-3/h8-9,14H,4-7H2,1-3H3,(H,12,13). The lowest BCUT2D eigenvalue weighted by Crippen LogP contribution is -2.45. The van der Waals surface area contributed by atoms with Crippen LogP contribution in [0.1, 0.15) is 26.7 Å². The molecule has 0 aromatic rings. The molecule has 0 aliphatic carbocycles. The Balaban J connectivity index is 2.29. The van der Waals surface area contributed by atoms with Crippen LogP contribution in [0, 0.1) is 0 Å². The van der Waals surface area contributed by atoms with E-state index >= 15 is 0 Å². The van der Waals surface area contributed by atoms with Gasteiger partial charge >= 0.3 is 0 Å². The van der Waals surface area contributed by atoms with E-state index in [1.165, 1.54) is 0 Å². The molecule has 0 saturated carbocycles. The molecule has 5 heteroatoms. The normalized spacial score (nSPS) is 28.8. The summed E-state index contributed by atoms with van der Waals surface area (Å²) in [6.07, 6.45) is 3.47. The molecule has 0 bridgehead atoms. The first-order valence-electron chi connectivity index (χ1n) is 5.59. The molecule has 1 fully saturated rings. The van der Waals surface area contributed by atoms with Crippen molar-refractivity contribution >= 4 is 17.7 Å². The number of amides is 1. The van der Waals surface area contributed by atoms with Gasteiger partial charge in [-0.25, -0.2) is 0 Å². The van der Waals surface area contributed by atoms with Crippen LogP contribution in [-0.4, -0.2) is 47.4 Å². The second-order valence-corrected chi connectivity index (χ2v) is 5.53. The Morgan fingerprint density at radius 2 is 2.31 bits per heavy atom. The molecular formula is C11H21NO3S. The van der Waals surface area contributed by atoms with Gasteiger partial charge in [0.1, 0.15) is 6.10 Å². The number of hydrogen-bond acceptors (Lipinski definition) is 4. The minimum Gasteiger partial charge on any atom is -0.387 e. The number of hydrogen-bond donors (Lipinski definition) is 2. The van der Waals surface area contributed by atoms with Gasteiger partial charge in [0.05, 0.1) is 11.7 Å². The Labute approximate surface area is 101 Å². The third-order valence-corrected chi connectivity index (χ3v) is 3.53. The first-order chi connectivity index (χ1) is 7.44. The number of thioether (sulfide) groups is 1. The smallest absolute Gasteiger partial charge is 0.249 e. The molecule has 1 aliphatic rings. The van der Waals surface area contributed by atoms with E-state index in [2.05, 4.69) is 5.32 Å². The van der Waals surface area contributed by atoms with Crippen molar-refractivity contribution in [3.8, 4) is 0 Å². The molecule has 4 nitrogen and oxygen atoms in total. The van der Waals surface area contributed by atoms with Crippen molar-refractivity contribution in [1.29, 1.82) is 0 Å². The molecule has 1 aliphatic heterocycles. The summed E-state index contributed by atoms with van der Waals surface area (Å²) in [7, 11) is 0. The van der Waals surface area contributed by atoms with E-state index < -0.39 is 5.60 Å². The van der Waals surface area contributed by atoms with Crippen LogP contribution in [0.5, 0.6) is 0 Å². The van der Waals surface area contributed by atoms with Crippen LogP contribution >= 0.6 is 11.8 Å². The van der Waals surface area contributed by atoms with Crippen LogP contribution in [0.15, 0.2) is 0 Å². The Hall–Kier alpha value is -0.260. The van der Waals surface area contributed by atoms with Crippen molar-refractivity contribution in [2.75, 3.05) is 18.6 Å². The monoisotopic (exact) mass is 247 g/mol. The second-order valence-electron chi connectivity index (χ2n) is 4.66. The van der Waals surface area contributed by atoms with Gasteiger partial charge in [-0.3, -0.25) is 4.79 Å². The third-order valence-electron chi connectivity index (χ3n) is 2.62. The van der Waals surface area contributed by atoms with Gasteiger partial charge in [0.2, 0.25) is 5.91 Å². The molecule has 94 valence electrons. The van der Waals surface area contributed by atoms with Crippen LogP contribution in [0.4, 0.5) is 0 Å². The van der Waals surface area contributed by atoms with E-state index in [1.807, 2.05) is 13.2 Å². The molecule has 0 aromatic heterocycles. The van der Waals surface area contributed by atoms with Gasteiger partial charge in [0, 0.05) is 12.3 Å². The molecule has 16 heavy (non-hydrogen) atoms. The molecule has 1 rings (SSSR count). The predicted octanol–water partition coefficient (Wildman–Crippen LogP) is 0.784. The number of carbonyl (C=O) groups excluding carboxylic acids is 1. The Morgan fingerprint density at radius 3 is 2.81 bits per heavy atom. The van der Waals surface area contributed by atoms with E-state index in [9.17, 15) is 9.90 Å². The highest BCUT2D eigenvalue weighted by atomic mass is 32.2. The summed E-state index contributed by atoms with van der Waals surface area (Å²) >= 11 is 1.56. The highest BCUT2D eigenvalue weighted by Crippen LogP contribution is 2.19. The topological polar surface area (TPSA) is 58.6 Å². The van der Waals surface area contributed by atoms with Gasteiger partial charge in [-0.05, 0) is 32.9 Å². The average Bonchev–Trinajstić information content (AvgIpc) is 2.61. The largest absolute Gasteiger partial charge is 0.387 e. The zero-order valence-corrected chi connectivity index (χ0v) is 11.0. The minimum absolute atomic E-state index is 0.106. The van der Waals surface area contributed by atoms with Crippen molar-refractivity contribution in [2.24, 2.45) is 0 Å². The zero-order valence-electron chi connectivity index (χ0n) is 10.2. The van der Waals surface area contributed by atoms with Crippen LogP contribution in [0.3, 0.4) is 0 Å². The van der Waals surface area contributed by atoms with Crippen molar-refractivity contribution in [2.45, 2.75) is 44.5 Å². The van der Waals surface area contributed by atoms with Crippen LogP contribution in [0.25, 0.3) is 0 Å². The minimum atomic E-state index is -0.848. The van der Waals surface area contributed by atoms with E-state index in [0.29, 0.717) is 5.75 Å². The molecule has 1 saturated heterocycles. The number of aliphatic hydroxyl groups is 1. The van der Waals surface area contributed by atoms with Gasteiger partial charge < -0.3 is 15.2 Å². The Morgan fingerprint density at radius 1 is 1.62 bits per heavy atom. The summed E-state index contributed by atoms with van der Waals surface area (Å²) in [5, 5.41) is 12.6. The van der Waals surface area contributed by atoms with Crippen molar-refractivity contribution in [1.82, 2.24) is 5.32 Å². The maximum Gasteiger partial charge on any atom is 0.249 e. The Kier molecular flexibility index (Phi) is 5.08. The van der Waals surface area contributed by atoms with E-state index in [0.717, 1.165) is 12.8 Å². The number of carbonyl (C=O) groups is 1. The number of ether oxygens (including phenoxy) is 1. The van der Waals surface area contributed by atoms with Crippen LogP contribution in [0.2, 0.25) is 0 Å². The summed E-state index contributed by atoms with van der Waals surface area (Å²) in [6.45, 7) is 3.97.